The van der Waals surface area contributed by atoms with E-state index in [9.17, 15) is 4.79 Å². The van der Waals surface area contributed by atoms with Crippen LogP contribution in [-0.4, -0.2) is 32.8 Å². The van der Waals surface area contributed by atoms with Crippen LogP contribution < -0.4 is 14.8 Å². The number of benzene rings is 2. The number of carbonyl (C=O) groups is 1. The van der Waals surface area contributed by atoms with E-state index in [2.05, 4.69) is 19.2 Å². The average molecular weight is 357 g/mol. The maximum Gasteiger partial charge on any atom is 0.251 e. The number of ether oxygens (including phenoxy) is 3. The number of carbonyl (C=O) groups excluding carboxylic acids is 1. The highest BCUT2D eigenvalue weighted by Crippen LogP contribution is 2.23. The molecule has 5 nitrogen and oxygen atoms in total. The van der Waals surface area contributed by atoms with Crippen LogP contribution in [0.3, 0.4) is 0 Å². The van der Waals surface area contributed by atoms with E-state index in [0.717, 1.165) is 11.3 Å². The minimum Gasteiger partial charge on any atom is -0.496 e. The van der Waals surface area contributed by atoms with Gasteiger partial charge in [-0.2, -0.15) is 0 Å². The van der Waals surface area contributed by atoms with E-state index in [0.29, 0.717) is 24.5 Å². The molecule has 0 saturated carbocycles. The van der Waals surface area contributed by atoms with Gasteiger partial charge >= 0.3 is 0 Å². The smallest absolute Gasteiger partial charge is 0.251 e. The van der Waals surface area contributed by atoms with Crippen molar-refractivity contribution in [1.29, 1.82) is 0 Å². The highest BCUT2D eigenvalue weighted by atomic mass is 16.5. The maximum atomic E-state index is 12.4. The fraction of sp³-hybridized carbons (Fsp3) is 0.381. The molecular weight excluding hydrogens is 330 g/mol. The van der Waals surface area contributed by atoms with Crippen molar-refractivity contribution in [3.05, 3.63) is 58.7 Å². The topological polar surface area (TPSA) is 56.8 Å². The number of rotatable bonds is 8. The molecule has 0 bridgehead atoms. The molecule has 0 unspecified atom stereocenters. The Kier molecular flexibility index (Phi) is 7.04. The third-order valence-electron chi connectivity index (χ3n) is 4.21. The third kappa shape index (κ3) is 5.23. The molecule has 5 heteroatoms. The zero-order chi connectivity index (χ0) is 19.1. The van der Waals surface area contributed by atoms with Crippen molar-refractivity contribution in [3.63, 3.8) is 0 Å². The number of aryl methyl sites for hydroxylation is 2. The predicted molar refractivity (Wildman–Crippen MR) is 102 cm³/mol. The third-order valence-corrected chi connectivity index (χ3v) is 4.21. The molecule has 1 N–H and O–H groups in total. The predicted octanol–water partition coefficient (Wildman–Crippen LogP) is 3.66. The molecule has 140 valence electrons. The Hall–Kier alpha value is -2.53. The largest absolute Gasteiger partial charge is 0.496 e. The number of hydrogen-bond donors (Lipinski definition) is 1. The molecule has 2 rings (SSSR count). The van der Waals surface area contributed by atoms with Crippen LogP contribution in [0.5, 0.6) is 11.5 Å². The number of nitrogens with one attached hydrogen (secondary N) is 1. The van der Waals surface area contributed by atoms with Crippen molar-refractivity contribution in [2.24, 2.45) is 0 Å². The fourth-order valence-corrected chi connectivity index (χ4v) is 2.60. The van der Waals surface area contributed by atoms with Crippen LogP contribution >= 0.6 is 0 Å². The first-order valence-electron chi connectivity index (χ1n) is 8.61. The van der Waals surface area contributed by atoms with Crippen LogP contribution in [0.4, 0.5) is 0 Å². The Morgan fingerprint density at radius 2 is 1.85 bits per heavy atom. The first-order valence-corrected chi connectivity index (χ1v) is 8.61. The molecule has 0 spiro atoms. The minimum atomic E-state index is -0.148. The van der Waals surface area contributed by atoms with Gasteiger partial charge in [-0.1, -0.05) is 6.07 Å². The van der Waals surface area contributed by atoms with Crippen molar-refractivity contribution in [2.45, 2.75) is 33.4 Å². The van der Waals surface area contributed by atoms with Gasteiger partial charge in [-0.25, -0.2) is 0 Å². The minimum absolute atomic E-state index is 0.0650. The quantitative estimate of drug-likeness (QED) is 0.783. The van der Waals surface area contributed by atoms with Gasteiger partial charge in [0, 0.05) is 24.3 Å². The molecule has 2 aromatic carbocycles. The summed E-state index contributed by atoms with van der Waals surface area (Å²) in [6, 6.07) is 11.2. The molecule has 0 aliphatic carbocycles. The molecular formula is C21H27NO4. The Labute approximate surface area is 155 Å². The number of amides is 1. The summed E-state index contributed by atoms with van der Waals surface area (Å²) in [6.45, 7) is 6.80. The summed E-state index contributed by atoms with van der Waals surface area (Å²) in [5, 5.41) is 2.90. The van der Waals surface area contributed by atoms with Gasteiger partial charge in [0.15, 0.2) is 0 Å². The van der Waals surface area contributed by atoms with Gasteiger partial charge in [-0.15, -0.1) is 0 Å². The molecule has 26 heavy (non-hydrogen) atoms. The molecule has 2 aromatic rings. The first-order chi connectivity index (χ1) is 12.4. The van der Waals surface area contributed by atoms with Crippen molar-refractivity contribution >= 4 is 5.91 Å². The van der Waals surface area contributed by atoms with E-state index in [1.807, 2.05) is 25.1 Å². The lowest BCUT2D eigenvalue weighted by molar-refractivity contribution is 0.0905. The Morgan fingerprint density at radius 3 is 2.50 bits per heavy atom. The van der Waals surface area contributed by atoms with Crippen molar-refractivity contribution < 1.29 is 19.0 Å². The fourth-order valence-electron chi connectivity index (χ4n) is 2.60. The highest BCUT2D eigenvalue weighted by molar-refractivity contribution is 5.94. The van der Waals surface area contributed by atoms with Crippen molar-refractivity contribution in [3.8, 4) is 11.5 Å². The Balaban J connectivity index is 2.13. The summed E-state index contributed by atoms with van der Waals surface area (Å²) in [5.74, 6) is 1.33. The second kappa shape index (κ2) is 9.25. The Bertz CT molecular complexity index is 758. The van der Waals surface area contributed by atoms with E-state index in [1.165, 1.54) is 11.1 Å². The zero-order valence-corrected chi connectivity index (χ0v) is 16.1. The standard InChI is InChI=1S/C21H27NO4/c1-14-6-8-19(10-15(14)2)26-13-18-11-17(7-9-20(18)25-5)21(23)22-16(3)12-24-4/h6-11,16H,12-13H2,1-5H3,(H,22,23)/t16-/m0/s1. The molecule has 1 atom stereocenters. The number of hydrogen-bond acceptors (Lipinski definition) is 4. The molecule has 0 aliphatic rings. The lowest BCUT2D eigenvalue weighted by Gasteiger charge is -2.15. The monoisotopic (exact) mass is 357 g/mol. The molecule has 0 fully saturated rings. The SMILES string of the molecule is COC[C@H](C)NC(=O)c1ccc(OC)c(COc2ccc(C)c(C)c2)c1. The lowest BCUT2D eigenvalue weighted by atomic mass is 10.1. The summed E-state index contributed by atoms with van der Waals surface area (Å²) >= 11 is 0. The van der Waals surface area contributed by atoms with Gasteiger partial charge < -0.3 is 19.5 Å². The molecule has 0 aliphatic heterocycles. The van der Waals surface area contributed by atoms with E-state index >= 15 is 0 Å². The van der Waals surface area contributed by atoms with Gasteiger partial charge in [-0.3, -0.25) is 4.79 Å². The second-order valence-electron chi connectivity index (χ2n) is 6.39. The van der Waals surface area contributed by atoms with Gasteiger partial charge in [0.05, 0.1) is 13.7 Å². The van der Waals surface area contributed by atoms with Gasteiger partial charge in [-0.05, 0) is 62.2 Å². The summed E-state index contributed by atoms with van der Waals surface area (Å²) < 4.78 is 16.3. The highest BCUT2D eigenvalue weighted by Gasteiger charge is 2.13. The van der Waals surface area contributed by atoms with Crippen molar-refractivity contribution in [2.75, 3.05) is 20.8 Å². The van der Waals surface area contributed by atoms with Crippen molar-refractivity contribution in [1.82, 2.24) is 5.32 Å². The summed E-state index contributed by atoms with van der Waals surface area (Å²) in [4.78, 5) is 12.4. The lowest BCUT2D eigenvalue weighted by Crippen LogP contribution is -2.35. The molecule has 1 amide bonds. The van der Waals surface area contributed by atoms with E-state index in [4.69, 9.17) is 14.2 Å². The van der Waals surface area contributed by atoms with Crippen LogP contribution in [0.1, 0.15) is 34.0 Å². The second-order valence-corrected chi connectivity index (χ2v) is 6.39. The maximum absolute atomic E-state index is 12.4. The summed E-state index contributed by atoms with van der Waals surface area (Å²) in [5.41, 5.74) is 3.78. The van der Waals surface area contributed by atoms with Gasteiger partial charge in [0.1, 0.15) is 18.1 Å². The summed E-state index contributed by atoms with van der Waals surface area (Å²) in [6.07, 6.45) is 0. The van der Waals surface area contributed by atoms with Crippen LogP contribution in [0.2, 0.25) is 0 Å². The van der Waals surface area contributed by atoms with Crippen LogP contribution in [0.15, 0.2) is 36.4 Å². The molecule has 0 saturated heterocycles. The Morgan fingerprint density at radius 1 is 1.08 bits per heavy atom. The zero-order valence-electron chi connectivity index (χ0n) is 16.1. The molecule has 0 aromatic heterocycles. The van der Waals surface area contributed by atoms with Gasteiger partial charge in [0.2, 0.25) is 0 Å². The first kappa shape index (κ1) is 19.8. The average Bonchev–Trinajstić information content (AvgIpc) is 2.62. The van der Waals surface area contributed by atoms with E-state index < -0.39 is 0 Å². The summed E-state index contributed by atoms with van der Waals surface area (Å²) in [7, 11) is 3.22. The van der Waals surface area contributed by atoms with E-state index in [-0.39, 0.29) is 11.9 Å². The normalized spacial score (nSPS) is 11.7. The van der Waals surface area contributed by atoms with Crippen LogP contribution in [0, 0.1) is 13.8 Å². The molecule has 0 heterocycles. The van der Waals surface area contributed by atoms with Crippen LogP contribution in [0.25, 0.3) is 0 Å². The van der Waals surface area contributed by atoms with E-state index in [1.54, 1.807) is 32.4 Å². The van der Waals surface area contributed by atoms with Crippen LogP contribution in [-0.2, 0) is 11.3 Å². The number of methoxy groups -OCH3 is 2. The van der Waals surface area contributed by atoms with Gasteiger partial charge in [0.25, 0.3) is 5.91 Å². The molecule has 0 radical (unpaired) electrons.